The van der Waals surface area contributed by atoms with E-state index in [1.54, 1.807) is 14.0 Å². The predicted octanol–water partition coefficient (Wildman–Crippen LogP) is 1.72. The summed E-state index contributed by atoms with van der Waals surface area (Å²) >= 11 is 0. The average molecular weight is 392 g/mol. The van der Waals surface area contributed by atoms with Crippen molar-refractivity contribution in [3.8, 4) is 0 Å². The van der Waals surface area contributed by atoms with Crippen LogP contribution in [0.1, 0.15) is 54.4 Å². The zero-order valence-electron chi connectivity index (χ0n) is 17.9. The molecule has 0 heterocycles. The molecule has 0 aliphatic rings. The highest BCUT2D eigenvalue weighted by Crippen LogP contribution is 2.05. The highest BCUT2D eigenvalue weighted by atomic mass is 32.2. The summed E-state index contributed by atoms with van der Waals surface area (Å²) in [7, 11) is -1.46. The van der Waals surface area contributed by atoms with E-state index in [2.05, 4.69) is 48.2 Å². The van der Waals surface area contributed by atoms with Crippen LogP contribution in [0.25, 0.3) is 0 Å². The van der Waals surface area contributed by atoms with Crippen LogP contribution in [0.5, 0.6) is 0 Å². The van der Waals surface area contributed by atoms with Crippen molar-refractivity contribution in [3.05, 3.63) is 0 Å². The minimum absolute atomic E-state index is 0.144. The Balaban J connectivity index is 4.28. The number of hydrogen-bond donors (Lipinski definition) is 2. The minimum atomic E-state index is -3.09. The maximum Gasteiger partial charge on any atom is 0.213 e. The molecule has 156 valence electrons. The molecule has 26 heavy (non-hydrogen) atoms. The van der Waals surface area contributed by atoms with Crippen LogP contribution >= 0.6 is 0 Å². The van der Waals surface area contributed by atoms with Gasteiger partial charge in [0.05, 0.1) is 5.75 Å². The Morgan fingerprint density at radius 3 is 2.12 bits per heavy atom. The van der Waals surface area contributed by atoms with Crippen LogP contribution < -0.4 is 10.6 Å². The highest BCUT2D eigenvalue weighted by molar-refractivity contribution is 7.89. The van der Waals surface area contributed by atoms with Gasteiger partial charge < -0.3 is 10.6 Å². The summed E-state index contributed by atoms with van der Waals surface area (Å²) in [5, 5.41) is 6.52. The lowest BCUT2D eigenvalue weighted by Gasteiger charge is -2.30. The van der Waals surface area contributed by atoms with Crippen LogP contribution in [0, 0.1) is 0 Å². The van der Waals surface area contributed by atoms with Crippen molar-refractivity contribution in [1.82, 2.24) is 19.8 Å². The highest BCUT2D eigenvalue weighted by Gasteiger charge is 2.14. The van der Waals surface area contributed by atoms with Crippen LogP contribution in [0.15, 0.2) is 4.99 Å². The zero-order chi connectivity index (χ0) is 20.2. The van der Waals surface area contributed by atoms with Gasteiger partial charge in [-0.15, -0.1) is 0 Å². The maximum absolute atomic E-state index is 11.7. The van der Waals surface area contributed by atoms with Gasteiger partial charge in [-0.3, -0.25) is 9.89 Å². The smallest absolute Gasteiger partial charge is 0.213 e. The van der Waals surface area contributed by atoms with Crippen LogP contribution in [0.2, 0.25) is 0 Å². The van der Waals surface area contributed by atoms with E-state index in [0.29, 0.717) is 25.2 Å². The Bertz CT molecular complexity index is 484. The topological polar surface area (TPSA) is 77.0 Å². The van der Waals surface area contributed by atoms with E-state index in [4.69, 9.17) is 0 Å². The van der Waals surface area contributed by atoms with E-state index in [1.807, 2.05) is 6.92 Å². The van der Waals surface area contributed by atoms with E-state index >= 15 is 0 Å². The quantitative estimate of drug-likeness (QED) is 0.284. The SMILES string of the molecule is CCNC(=NCCCN(C(C)C)C(C)C)NCCCN(C)S(=O)(=O)CC. The van der Waals surface area contributed by atoms with Gasteiger partial charge in [0.15, 0.2) is 5.96 Å². The van der Waals surface area contributed by atoms with E-state index in [-0.39, 0.29) is 5.75 Å². The van der Waals surface area contributed by atoms with Crippen molar-refractivity contribution in [1.29, 1.82) is 0 Å². The van der Waals surface area contributed by atoms with Crippen LogP contribution in [0.4, 0.5) is 0 Å². The zero-order valence-corrected chi connectivity index (χ0v) is 18.7. The summed E-state index contributed by atoms with van der Waals surface area (Å²) in [5.74, 6) is 0.944. The molecule has 0 saturated heterocycles. The van der Waals surface area contributed by atoms with E-state index in [1.165, 1.54) is 4.31 Å². The van der Waals surface area contributed by atoms with Gasteiger partial charge in [0.2, 0.25) is 10.0 Å². The fourth-order valence-electron chi connectivity index (χ4n) is 2.77. The fraction of sp³-hybridized carbons (Fsp3) is 0.944. The van der Waals surface area contributed by atoms with Crippen LogP contribution in [-0.2, 0) is 10.0 Å². The van der Waals surface area contributed by atoms with Gasteiger partial charge in [-0.05, 0) is 54.4 Å². The number of nitrogens with one attached hydrogen (secondary N) is 2. The molecule has 7 nitrogen and oxygen atoms in total. The van der Waals surface area contributed by atoms with Gasteiger partial charge in [0.25, 0.3) is 0 Å². The standard InChI is InChI=1S/C18H41N5O2S/c1-8-19-18(20-12-10-14-22(7)26(24,25)9-2)21-13-11-15-23(16(3)4)17(5)6/h16-17H,8-15H2,1-7H3,(H2,19,20,21). The molecule has 0 radical (unpaired) electrons. The lowest BCUT2D eigenvalue weighted by Crippen LogP contribution is -2.40. The number of rotatable bonds is 13. The van der Waals surface area contributed by atoms with Crippen molar-refractivity contribution in [2.75, 3.05) is 45.5 Å². The molecule has 0 saturated carbocycles. The van der Waals surface area contributed by atoms with Gasteiger partial charge >= 0.3 is 0 Å². The predicted molar refractivity (Wildman–Crippen MR) is 112 cm³/mol. The fourth-order valence-corrected chi connectivity index (χ4v) is 3.61. The van der Waals surface area contributed by atoms with Crippen molar-refractivity contribution >= 4 is 16.0 Å². The second kappa shape index (κ2) is 13.3. The molecule has 2 N–H and O–H groups in total. The van der Waals surface area contributed by atoms with Gasteiger partial charge in [-0.25, -0.2) is 12.7 Å². The molecule has 0 aliphatic carbocycles. The van der Waals surface area contributed by atoms with Crippen LogP contribution in [-0.4, -0.2) is 81.2 Å². The molecular weight excluding hydrogens is 350 g/mol. The first-order valence-electron chi connectivity index (χ1n) is 9.87. The van der Waals surface area contributed by atoms with Crippen LogP contribution in [0.3, 0.4) is 0 Å². The number of nitrogens with zero attached hydrogens (tertiary/aromatic N) is 3. The number of hydrogen-bond acceptors (Lipinski definition) is 4. The van der Waals surface area contributed by atoms with Crippen molar-refractivity contribution in [2.24, 2.45) is 4.99 Å². The molecule has 0 atom stereocenters. The number of guanidine groups is 1. The summed E-state index contributed by atoms with van der Waals surface area (Å²) in [4.78, 5) is 7.09. The minimum Gasteiger partial charge on any atom is -0.357 e. The third kappa shape index (κ3) is 10.3. The third-order valence-corrected chi connectivity index (χ3v) is 6.16. The normalized spacial score (nSPS) is 13.3. The first-order chi connectivity index (χ1) is 12.2. The molecule has 0 aliphatic heterocycles. The third-order valence-electron chi connectivity index (χ3n) is 4.30. The molecule has 0 spiro atoms. The maximum atomic E-state index is 11.7. The second-order valence-electron chi connectivity index (χ2n) is 7.04. The summed E-state index contributed by atoms with van der Waals surface area (Å²) in [6.45, 7) is 16.4. The largest absolute Gasteiger partial charge is 0.357 e. The number of sulfonamides is 1. The Morgan fingerprint density at radius 1 is 1.00 bits per heavy atom. The Hall–Kier alpha value is -0.860. The monoisotopic (exact) mass is 391 g/mol. The van der Waals surface area contributed by atoms with Gasteiger partial charge in [-0.2, -0.15) is 0 Å². The summed E-state index contributed by atoms with van der Waals surface area (Å²) in [5.41, 5.74) is 0. The Labute approximate surface area is 161 Å². The number of aliphatic imine (C=N–C) groups is 1. The van der Waals surface area contributed by atoms with Gasteiger partial charge in [0, 0.05) is 51.9 Å². The molecule has 8 heteroatoms. The second-order valence-corrected chi connectivity index (χ2v) is 9.41. The molecule has 0 aromatic rings. The lowest BCUT2D eigenvalue weighted by atomic mass is 10.2. The van der Waals surface area contributed by atoms with E-state index < -0.39 is 10.0 Å². The molecule has 0 aromatic heterocycles. The molecule has 0 aromatic carbocycles. The summed E-state index contributed by atoms with van der Waals surface area (Å²) < 4.78 is 24.9. The van der Waals surface area contributed by atoms with Gasteiger partial charge in [0.1, 0.15) is 0 Å². The lowest BCUT2D eigenvalue weighted by molar-refractivity contribution is 0.174. The first-order valence-corrected chi connectivity index (χ1v) is 11.5. The Kier molecular flexibility index (Phi) is 12.9. The van der Waals surface area contributed by atoms with Crippen molar-refractivity contribution in [2.45, 2.75) is 66.5 Å². The molecular formula is C18H41N5O2S. The molecule has 0 fully saturated rings. The van der Waals surface area contributed by atoms with Gasteiger partial charge in [-0.1, -0.05) is 0 Å². The molecule has 0 amide bonds. The summed E-state index contributed by atoms with van der Waals surface area (Å²) in [6, 6.07) is 1.09. The van der Waals surface area contributed by atoms with E-state index in [9.17, 15) is 8.42 Å². The molecule has 0 unspecified atom stereocenters. The van der Waals surface area contributed by atoms with Crippen molar-refractivity contribution < 1.29 is 8.42 Å². The van der Waals surface area contributed by atoms with Crippen molar-refractivity contribution in [3.63, 3.8) is 0 Å². The Morgan fingerprint density at radius 2 is 1.62 bits per heavy atom. The first kappa shape index (κ1) is 25.1. The molecule has 0 bridgehead atoms. The van der Waals surface area contributed by atoms with E-state index in [0.717, 1.165) is 38.4 Å². The summed E-state index contributed by atoms with van der Waals surface area (Å²) in [6.07, 6.45) is 1.76. The molecule has 0 rings (SSSR count). The average Bonchev–Trinajstić information content (AvgIpc) is 2.57.